The highest BCUT2D eigenvalue weighted by molar-refractivity contribution is 5.31. The third-order valence-corrected chi connectivity index (χ3v) is 3.46. The van der Waals surface area contributed by atoms with Crippen molar-refractivity contribution in [3.63, 3.8) is 0 Å². The number of methoxy groups -OCH3 is 1. The Bertz CT molecular complexity index is 365. The molecule has 0 saturated carbocycles. The Morgan fingerprint density at radius 3 is 3.00 bits per heavy atom. The Hall–Kier alpha value is -1.09. The molecule has 3 nitrogen and oxygen atoms in total. The van der Waals surface area contributed by atoms with Gasteiger partial charge in [0.1, 0.15) is 0 Å². The van der Waals surface area contributed by atoms with E-state index in [0.717, 1.165) is 6.54 Å². The van der Waals surface area contributed by atoms with E-state index in [1.807, 2.05) is 12.3 Å². The van der Waals surface area contributed by atoms with E-state index in [4.69, 9.17) is 4.74 Å². The van der Waals surface area contributed by atoms with E-state index in [0.29, 0.717) is 11.9 Å². The molecule has 0 aromatic carbocycles. The first kappa shape index (κ1) is 11.4. The summed E-state index contributed by atoms with van der Waals surface area (Å²) in [7, 11) is 1.66. The molecule has 88 valence electrons. The first-order chi connectivity index (χ1) is 7.76. The van der Waals surface area contributed by atoms with Gasteiger partial charge < -0.3 is 4.74 Å². The zero-order chi connectivity index (χ0) is 11.5. The summed E-state index contributed by atoms with van der Waals surface area (Å²) in [5.74, 6) is 0.710. The van der Waals surface area contributed by atoms with Crippen molar-refractivity contribution in [1.29, 1.82) is 0 Å². The molecule has 0 aliphatic carbocycles. The average molecular weight is 220 g/mol. The fourth-order valence-corrected chi connectivity index (χ4v) is 2.56. The van der Waals surface area contributed by atoms with Crippen molar-refractivity contribution >= 4 is 0 Å². The van der Waals surface area contributed by atoms with Crippen LogP contribution in [0.1, 0.15) is 36.9 Å². The lowest BCUT2D eigenvalue weighted by molar-refractivity contribution is 0.270. The zero-order valence-corrected chi connectivity index (χ0v) is 10.4. The summed E-state index contributed by atoms with van der Waals surface area (Å²) in [4.78, 5) is 6.85. The van der Waals surface area contributed by atoms with Gasteiger partial charge in [0, 0.05) is 18.3 Å². The third kappa shape index (κ3) is 2.05. The van der Waals surface area contributed by atoms with Gasteiger partial charge in [-0.05, 0) is 44.0 Å². The quantitative estimate of drug-likeness (QED) is 0.782. The zero-order valence-electron chi connectivity index (χ0n) is 10.4. The SMILES string of the molecule is CCN1CCC[C@@H]1c1cnc(OC)cc1C. The van der Waals surface area contributed by atoms with Crippen molar-refractivity contribution in [2.75, 3.05) is 20.2 Å². The third-order valence-electron chi connectivity index (χ3n) is 3.46. The summed E-state index contributed by atoms with van der Waals surface area (Å²) < 4.78 is 5.14. The normalized spacial score (nSPS) is 21.3. The maximum absolute atomic E-state index is 5.14. The highest BCUT2D eigenvalue weighted by Crippen LogP contribution is 2.33. The number of rotatable bonds is 3. The molecule has 0 amide bonds. The molecule has 1 fully saturated rings. The van der Waals surface area contributed by atoms with E-state index in [9.17, 15) is 0 Å². The molecule has 0 spiro atoms. The Labute approximate surface area is 97.4 Å². The number of likely N-dealkylation sites (tertiary alicyclic amines) is 1. The number of hydrogen-bond acceptors (Lipinski definition) is 3. The molecule has 0 unspecified atom stereocenters. The lowest BCUT2D eigenvalue weighted by atomic mass is 10.0. The van der Waals surface area contributed by atoms with Crippen LogP contribution in [0.2, 0.25) is 0 Å². The van der Waals surface area contributed by atoms with Crippen LogP contribution in [0, 0.1) is 6.92 Å². The Kier molecular flexibility index (Phi) is 3.44. The van der Waals surface area contributed by atoms with Crippen LogP contribution in [0.25, 0.3) is 0 Å². The topological polar surface area (TPSA) is 25.4 Å². The molecule has 0 N–H and O–H groups in total. The van der Waals surface area contributed by atoms with Gasteiger partial charge in [0.2, 0.25) is 5.88 Å². The largest absolute Gasteiger partial charge is 0.481 e. The van der Waals surface area contributed by atoms with E-state index >= 15 is 0 Å². The summed E-state index contributed by atoms with van der Waals surface area (Å²) in [5, 5.41) is 0. The van der Waals surface area contributed by atoms with E-state index in [1.54, 1.807) is 7.11 Å². The van der Waals surface area contributed by atoms with Gasteiger partial charge in [-0.15, -0.1) is 0 Å². The number of hydrogen-bond donors (Lipinski definition) is 0. The van der Waals surface area contributed by atoms with Gasteiger partial charge in [-0.1, -0.05) is 6.92 Å². The molecule has 1 atom stereocenters. The Morgan fingerprint density at radius 2 is 2.38 bits per heavy atom. The number of aryl methyl sites for hydroxylation is 1. The maximum atomic E-state index is 5.14. The first-order valence-electron chi connectivity index (χ1n) is 6.00. The maximum Gasteiger partial charge on any atom is 0.213 e. The van der Waals surface area contributed by atoms with Gasteiger partial charge in [-0.2, -0.15) is 0 Å². The van der Waals surface area contributed by atoms with Gasteiger partial charge in [0.15, 0.2) is 0 Å². The van der Waals surface area contributed by atoms with Crippen molar-refractivity contribution in [3.05, 3.63) is 23.4 Å². The molecular formula is C13H20N2O. The summed E-state index contributed by atoms with van der Waals surface area (Å²) in [6.07, 6.45) is 4.53. The highest BCUT2D eigenvalue weighted by atomic mass is 16.5. The van der Waals surface area contributed by atoms with Crippen molar-refractivity contribution < 1.29 is 4.74 Å². The predicted molar refractivity (Wildman–Crippen MR) is 64.7 cm³/mol. The second kappa shape index (κ2) is 4.83. The van der Waals surface area contributed by atoms with Crippen LogP contribution in [0.5, 0.6) is 5.88 Å². The minimum absolute atomic E-state index is 0.559. The smallest absolute Gasteiger partial charge is 0.213 e. The minimum Gasteiger partial charge on any atom is -0.481 e. The van der Waals surface area contributed by atoms with E-state index in [-0.39, 0.29) is 0 Å². The monoisotopic (exact) mass is 220 g/mol. The van der Waals surface area contributed by atoms with Gasteiger partial charge in [0.05, 0.1) is 7.11 Å². The molecule has 1 aromatic rings. The first-order valence-corrected chi connectivity index (χ1v) is 6.00. The van der Waals surface area contributed by atoms with Crippen molar-refractivity contribution in [3.8, 4) is 5.88 Å². The van der Waals surface area contributed by atoms with Gasteiger partial charge in [-0.3, -0.25) is 4.90 Å². The second-order valence-electron chi connectivity index (χ2n) is 4.37. The molecule has 1 aromatic heterocycles. The van der Waals surface area contributed by atoms with Crippen LogP contribution in [0.3, 0.4) is 0 Å². The predicted octanol–water partition coefficient (Wildman–Crippen LogP) is 2.56. The van der Waals surface area contributed by atoms with E-state index < -0.39 is 0 Å². The molecule has 1 aliphatic rings. The van der Waals surface area contributed by atoms with Crippen molar-refractivity contribution in [1.82, 2.24) is 9.88 Å². The minimum atomic E-state index is 0.559. The summed E-state index contributed by atoms with van der Waals surface area (Å²) in [6, 6.07) is 2.59. The second-order valence-corrected chi connectivity index (χ2v) is 4.37. The van der Waals surface area contributed by atoms with Gasteiger partial charge >= 0.3 is 0 Å². The number of aromatic nitrogens is 1. The molecule has 1 saturated heterocycles. The lowest BCUT2D eigenvalue weighted by Crippen LogP contribution is -2.23. The molecule has 3 heteroatoms. The Balaban J connectivity index is 2.26. The van der Waals surface area contributed by atoms with E-state index in [2.05, 4.69) is 23.7 Å². The molecule has 0 radical (unpaired) electrons. The van der Waals surface area contributed by atoms with Crippen molar-refractivity contribution in [2.45, 2.75) is 32.7 Å². The fourth-order valence-electron chi connectivity index (χ4n) is 2.56. The van der Waals surface area contributed by atoms with Crippen LogP contribution < -0.4 is 4.74 Å². The fraction of sp³-hybridized carbons (Fsp3) is 0.615. The van der Waals surface area contributed by atoms with Gasteiger partial charge in [0.25, 0.3) is 0 Å². The highest BCUT2D eigenvalue weighted by Gasteiger charge is 2.25. The lowest BCUT2D eigenvalue weighted by Gasteiger charge is -2.24. The molecule has 2 heterocycles. The van der Waals surface area contributed by atoms with Crippen molar-refractivity contribution in [2.24, 2.45) is 0 Å². The van der Waals surface area contributed by atoms with Crippen LogP contribution in [0.15, 0.2) is 12.3 Å². The van der Waals surface area contributed by atoms with Crippen LogP contribution in [-0.4, -0.2) is 30.1 Å². The van der Waals surface area contributed by atoms with Gasteiger partial charge in [-0.25, -0.2) is 4.98 Å². The number of nitrogens with zero attached hydrogens (tertiary/aromatic N) is 2. The van der Waals surface area contributed by atoms with Crippen LogP contribution in [0.4, 0.5) is 0 Å². The van der Waals surface area contributed by atoms with Crippen LogP contribution >= 0.6 is 0 Å². The van der Waals surface area contributed by atoms with E-state index in [1.165, 1.54) is 30.5 Å². The molecule has 1 aliphatic heterocycles. The summed E-state index contributed by atoms with van der Waals surface area (Å²) in [6.45, 7) is 6.71. The number of ether oxygens (including phenoxy) is 1. The molecular weight excluding hydrogens is 200 g/mol. The molecule has 2 rings (SSSR count). The summed E-state index contributed by atoms with van der Waals surface area (Å²) in [5.41, 5.74) is 2.65. The van der Waals surface area contributed by atoms with Crippen LogP contribution in [-0.2, 0) is 0 Å². The standard InChI is InChI=1S/C13H20N2O/c1-4-15-7-5-6-12(15)11-9-14-13(16-3)8-10(11)2/h8-9,12H,4-7H2,1-3H3/t12-/m1/s1. The number of pyridine rings is 1. The Morgan fingerprint density at radius 1 is 1.56 bits per heavy atom. The molecule has 0 bridgehead atoms. The average Bonchev–Trinajstić information content (AvgIpc) is 2.76. The summed E-state index contributed by atoms with van der Waals surface area (Å²) >= 11 is 0. The molecule has 16 heavy (non-hydrogen) atoms.